The molecule has 0 aliphatic rings. The minimum absolute atomic E-state index is 0.0692. The Labute approximate surface area is 112 Å². The van der Waals surface area contributed by atoms with Gasteiger partial charge in [-0.1, -0.05) is 30.3 Å². The lowest BCUT2D eigenvalue weighted by molar-refractivity contribution is -0.137. The van der Waals surface area contributed by atoms with Gasteiger partial charge in [0.2, 0.25) is 0 Å². The standard InChI is InChI=1S/C14H9F3O3/c15-14(16,17)10-7-5-9(6-8-10)11-3-1-2-4-12(11)20-13(18)19/h1-8H,(H,18,19). The zero-order valence-electron chi connectivity index (χ0n) is 10.0. The molecule has 2 aromatic carbocycles. The average molecular weight is 282 g/mol. The average Bonchev–Trinajstić information content (AvgIpc) is 2.38. The predicted molar refractivity (Wildman–Crippen MR) is 65.5 cm³/mol. The molecule has 2 aromatic rings. The third-order valence-corrected chi connectivity index (χ3v) is 2.61. The molecule has 2 rings (SSSR count). The van der Waals surface area contributed by atoms with Crippen molar-refractivity contribution in [2.45, 2.75) is 6.18 Å². The number of carbonyl (C=O) groups is 1. The molecule has 6 heteroatoms. The molecular formula is C14H9F3O3. The van der Waals surface area contributed by atoms with E-state index in [0.717, 1.165) is 12.1 Å². The first-order valence-electron chi connectivity index (χ1n) is 5.55. The van der Waals surface area contributed by atoms with E-state index in [9.17, 15) is 18.0 Å². The van der Waals surface area contributed by atoms with E-state index in [4.69, 9.17) is 5.11 Å². The Morgan fingerprint density at radius 2 is 1.60 bits per heavy atom. The molecule has 0 unspecified atom stereocenters. The molecule has 0 heterocycles. The van der Waals surface area contributed by atoms with Crippen LogP contribution in [0.3, 0.4) is 0 Å². The van der Waals surface area contributed by atoms with Crippen molar-refractivity contribution in [1.82, 2.24) is 0 Å². The molecular weight excluding hydrogens is 273 g/mol. The van der Waals surface area contributed by atoms with Crippen molar-refractivity contribution in [1.29, 1.82) is 0 Å². The van der Waals surface area contributed by atoms with Gasteiger partial charge in [-0.05, 0) is 23.8 Å². The third kappa shape index (κ3) is 3.09. The summed E-state index contributed by atoms with van der Waals surface area (Å²) in [6.07, 6.45) is -5.89. The molecule has 0 fully saturated rings. The van der Waals surface area contributed by atoms with Gasteiger partial charge in [-0.25, -0.2) is 4.79 Å². The van der Waals surface area contributed by atoms with Gasteiger partial charge in [0.1, 0.15) is 5.75 Å². The maximum absolute atomic E-state index is 12.5. The fourth-order valence-corrected chi connectivity index (χ4v) is 1.73. The van der Waals surface area contributed by atoms with Crippen LogP contribution in [0, 0.1) is 0 Å². The number of ether oxygens (including phenoxy) is 1. The quantitative estimate of drug-likeness (QED) is 0.654. The van der Waals surface area contributed by atoms with Gasteiger partial charge < -0.3 is 9.84 Å². The van der Waals surface area contributed by atoms with Crippen molar-refractivity contribution in [2.75, 3.05) is 0 Å². The molecule has 0 radical (unpaired) electrons. The van der Waals surface area contributed by atoms with E-state index >= 15 is 0 Å². The number of hydrogen-bond donors (Lipinski definition) is 1. The van der Waals surface area contributed by atoms with E-state index in [2.05, 4.69) is 4.74 Å². The van der Waals surface area contributed by atoms with Crippen LogP contribution in [0.2, 0.25) is 0 Å². The summed E-state index contributed by atoms with van der Waals surface area (Å²) in [5, 5.41) is 8.62. The van der Waals surface area contributed by atoms with Crippen molar-refractivity contribution in [3.8, 4) is 16.9 Å². The normalized spacial score (nSPS) is 11.2. The smallest absolute Gasteiger partial charge is 0.449 e. The minimum atomic E-state index is -4.41. The Hall–Kier alpha value is -2.50. The van der Waals surface area contributed by atoms with E-state index in [-0.39, 0.29) is 5.75 Å². The number of benzene rings is 2. The maximum atomic E-state index is 12.5. The fraction of sp³-hybridized carbons (Fsp3) is 0.0714. The summed E-state index contributed by atoms with van der Waals surface area (Å²) in [6.45, 7) is 0. The first kappa shape index (κ1) is 13.9. The summed E-state index contributed by atoms with van der Waals surface area (Å²) >= 11 is 0. The summed E-state index contributed by atoms with van der Waals surface area (Å²) < 4.78 is 42.0. The van der Waals surface area contributed by atoms with Crippen molar-refractivity contribution < 1.29 is 27.8 Å². The van der Waals surface area contributed by atoms with Crippen molar-refractivity contribution in [3.05, 3.63) is 54.1 Å². The van der Waals surface area contributed by atoms with E-state index in [1.165, 1.54) is 18.2 Å². The van der Waals surface area contributed by atoms with Crippen LogP contribution in [0.25, 0.3) is 11.1 Å². The number of halogens is 3. The molecule has 1 N–H and O–H groups in total. The van der Waals surface area contributed by atoms with E-state index in [1.54, 1.807) is 18.2 Å². The Bertz CT molecular complexity index is 618. The van der Waals surface area contributed by atoms with Crippen LogP contribution >= 0.6 is 0 Å². The van der Waals surface area contributed by atoms with Crippen LogP contribution < -0.4 is 4.74 Å². The minimum Gasteiger partial charge on any atom is -0.449 e. The molecule has 0 aliphatic heterocycles. The van der Waals surface area contributed by atoms with Gasteiger partial charge in [0, 0.05) is 5.56 Å². The number of hydrogen-bond acceptors (Lipinski definition) is 2. The highest BCUT2D eigenvalue weighted by Crippen LogP contribution is 2.33. The molecule has 0 amide bonds. The highest BCUT2D eigenvalue weighted by Gasteiger charge is 2.30. The van der Waals surface area contributed by atoms with Crippen molar-refractivity contribution in [2.24, 2.45) is 0 Å². The lowest BCUT2D eigenvalue weighted by Crippen LogP contribution is -2.05. The molecule has 0 aliphatic carbocycles. The zero-order chi connectivity index (χ0) is 14.8. The molecule has 0 aromatic heterocycles. The summed E-state index contributed by atoms with van der Waals surface area (Å²) in [5.74, 6) is 0.0692. The molecule has 0 saturated heterocycles. The van der Waals surface area contributed by atoms with E-state index in [0.29, 0.717) is 11.1 Å². The molecule has 0 bridgehead atoms. The Morgan fingerprint density at radius 1 is 1.00 bits per heavy atom. The summed E-state index contributed by atoms with van der Waals surface area (Å²) in [5.41, 5.74) is 0.0800. The van der Waals surface area contributed by atoms with Crippen LogP contribution in [0.1, 0.15) is 5.56 Å². The first-order valence-corrected chi connectivity index (χ1v) is 5.55. The van der Waals surface area contributed by atoms with Crippen LogP contribution in [-0.2, 0) is 6.18 Å². The molecule has 3 nitrogen and oxygen atoms in total. The van der Waals surface area contributed by atoms with Gasteiger partial charge >= 0.3 is 12.3 Å². The second kappa shape index (κ2) is 5.24. The lowest BCUT2D eigenvalue weighted by Gasteiger charge is -2.10. The summed E-state index contributed by atoms with van der Waals surface area (Å²) in [4.78, 5) is 10.6. The predicted octanol–water partition coefficient (Wildman–Crippen LogP) is 4.43. The molecule has 0 atom stereocenters. The molecule has 20 heavy (non-hydrogen) atoms. The highest BCUT2D eigenvalue weighted by molar-refractivity contribution is 5.74. The van der Waals surface area contributed by atoms with Crippen LogP contribution in [0.5, 0.6) is 5.75 Å². The van der Waals surface area contributed by atoms with Gasteiger partial charge in [-0.15, -0.1) is 0 Å². The topological polar surface area (TPSA) is 46.5 Å². The van der Waals surface area contributed by atoms with Crippen LogP contribution in [-0.4, -0.2) is 11.3 Å². The van der Waals surface area contributed by atoms with Gasteiger partial charge in [-0.3, -0.25) is 0 Å². The third-order valence-electron chi connectivity index (χ3n) is 2.61. The van der Waals surface area contributed by atoms with Gasteiger partial charge in [0.15, 0.2) is 0 Å². The van der Waals surface area contributed by atoms with E-state index in [1.807, 2.05) is 0 Å². The molecule has 104 valence electrons. The number of rotatable bonds is 2. The van der Waals surface area contributed by atoms with Crippen molar-refractivity contribution >= 4 is 6.16 Å². The fourth-order valence-electron chi connectivity index (χ4n) is 1.73. The second-order valence-corrected chi connectivity index (χ2v) is 3.94. The van der Waals surface area contributed by atoms with Crippen LogP contribution in [0.15, 0.2) is 48.5 Å². The summed E-state index contributed by atoms with van der Waals surface area (Å²) in [7, 11) is 0. The van der Waals surface area contributed by atoms with Crippen molar-refractivity contribution in [3.63, 3.8) is 0 Å². The lowest BCUT2D eigenvalue weighted by atomic mass is 10.0. The largest absolute Gasteiger partial charge is 0.511 e. The van der Waals surface area contributed by atoms with Gasteiger partial charge in [-0.2, -0.15) is 13.2 Å². The SMILES string of the molecule is O=C(O)Oc1ccccc1-c1ccc(C(F)(F)F)cc1. The first-order chi connectivity index (χ1) is 9.38. The summed E-state index contributed by atoms with van der Waals surface area (Å²) in [6, 6.07) is 10.6. The number of para-hydroxylation sites is 1. The van der Waals surface area contributed by atoms with Gasteiger partial charge in [0.25, 0.3) is 0 Å². The zero-order valence-corrected chi connectivity index (χ0v) is 10.0. The second-order valence-electron chi connectivity index (χ2n) is 3.94. The Morgan fingerprint density at radius 3 is 2.15 bits per heavy atom. The Balaban J connectivity index is 2.39. The number of carboxylic acid groups (broad SMARTS) is 1. The maximum Gasteiger partial charge on any atom is 0.511 e. The number of alkyl halides is 3. The molecule has 0 spiro atoms. The Kier molecular flexibility index (Phi) is 3.65. The molecule has 0 saturated carbocycles. The van der Waals surface area contributed by atoms with E-state index < -0.39 is 17.9 Å². The van der Waals surface area contributed by atoms with Gasteiger partial charge in [0.05, 0.1) is 5.56 Å². The highest BCUT2D eigenvalue weighted by atomic mass is 19.4. The van der Waals surface area contributed by atoms with Crippen LogP contribution in [0.4, 0.5) is 18.0 Å². The monoisotopic (exact) mass is 282 g/mol.